The van der Waals surface area contributed by atoms with Gasteiger partial charge in [-0.15, -0.1) is 0 Å². The van der Waals surface area contributed by atoms with E-state index in [9.17, 15) is 23.6 Å². The maximum absolute atomic E-state index is 13.5. The Labute approximate surface area is 257 Å². The number of amides is 4. The van der Waals surface area contributed by atoms with Gasteiger partial charge < -0.3 is 25.6 Å². The molecule has 1 aliphatic heterocycles. The zero-order valence-electron chi connectivity index (χ0n) is 25.1. The summed E-state index contributed by atoms with van der Waals surface area (Å²) in [5.41, 5.74) is 1.93. The Morgan fingerprint density at radius 1 is 0.955 bits per heavy atom. The quantitative estimate of drug-likeness (QED) is 0.382. The lowest BCUT2D eigenvalue weighted by atomic mass is 10.1. The van der Waals surface area contributed by atoms with Gasteiger partial charge in [0.05, 0.1) is 18.2 Å². The predicted octanol–water partition coefficient (Wildman–Crippen LogP) is 3.63. The minimum Gasteiger partial charge on any atom is -0.491 e. The summed E-state index contributed by atoms with van der Waals surface area (Å²) < 4.78 is 19.3. The third-order valence-corrected chi connectivity index (χ3v) is 7.50. The fraction of sp³-hybridized carbons (Fsp3) is 0.353. The Bertz CT molecular complexity index is 1430. The van der Waals surface area contributed by atoms with Crippen LogP contribution in [0.1, 0.15) is 48.2 Å². The molecule has 3 aromatic rings. The number of nitrogens with one attached hydrogen (secondary N) is 3. The molecule has 0 bridgehead atoms. The van der Waals surface area contributed by atoms with E-state index in [0.717, 1.165) is 11.1 Å². The van der Waals surface area contributed by atoms with Crippen molar-refractivity contribution in [2.24, 2.45) is 5.92 Å². The maximum Gasteiger partial charge on any atom is 0.255 e. The van der Waals surface area contributed by atoms with Crippen LogP contribution < -0.4 is 20.7 Å². The first-order valence-electron chi connectivity index (χ1n) is 14.9. The SMILES string of the molecule is CC(C)[C@H]1COc2ccccc2C(=O)N[C@H](C(=O)NCCc2ccc(F)cc2)CCC(=O)N(Cc2ccccc2)CC(=O)N1. The molecule has 0 spiro atoms. The number of hydrogen-bond acceptors (Lipinski definition) is 5. The molecule has 3 aromatic carbocycles. The lowest BCUT2D eigenvalue weighted by Gasteiger charge is -2.26. The third kappa shape index (κ3) is 9.39. The number of carbonyl (C=O) groups excluding carboxylic acids is 4. The minimum atomic E-state index is -1.03. The molecule has 1 heterocycles. The molecule has 0 radical (unpaired) electrons. The molecule has 0 aromatic heterocycles. The largest absolute Gasteiger partial charge is 0.491 e. The molecule has 4 amide bonds. The molecule has 9 nitrogen and oxygen atoms in total. The molecular formula is C34H39FN4O5. The molecule has 0 saturated carbocycles. The van der Waals surface area contributed by atoms with Crippen molar-refractivity contribution in [1.82, 2.24) is 20.9 Å². The summed E-state index contributed by atoms with van der Waals surface area (Å²) in [5.74, 6) is -1.65. The summed E-state index contributed by atoms with van der Waals surface area (Å²) in [7, 11) is 0. The van der Waals surface area contributed by atoms with Crippen LogP contribution in [-0.4, -0.2) is 60.3 Å². The average molecular weight is 603 g/mol. The zero-order valence-corrected chi connectivity index (χ0v) is 25.1. The van der Waals surface area contributed by atoms with Crippen LogP contribution >= 0.6 is 0 Å². The minimum absolute atomic E-state index is 0.0110. The van der Waals surface area contributed by atoms with Crippen molar-refractivity contribution < 1.29 is 28.3 Å². The summed E-state index contributed by atoms with van der Waals surface area (Å²) in [4.78, 5) is 55.0. The van der Waals surface area contributed by atoms with Gasteiger partial charge in [-0.25, -0.2) is 4.39 Å². The maximum atomic E-state index is 13.5. The van der Waals surface area contributed by atoms with Crippen LogP contribution in [0.3, 0.4) is 0 Å². The first-order chi connectivity index (χ1) is 21.2. The standard InChI is InChI=1S/C34H39FN4O5/c1-23(2)29-22-44-30-11-7-6-10-27(30)33(42)38-28(34(43)36-19-18-24-12-14-26(35)15-13-24)16-17-32(41)39(21-31(40)37-29)20-25-8-4-3-5-9-25/h3-15,23,28-29H,16-22H2,1-2H3,(H,36,43)(H,37,40)(H,38,42)/t28-,29+/m0/s1. The molecule has 44 heavy (non-hydrogen) atoms. The van der Waals surface area contributed by atoms with E-state index in [-0.39, 0.29) is 74.2 Å². The second-order valence-electron chi connectivity index (χ2n) is 11.2. The number of hydrogen-bond donors (Lipinski definition) is 3. The van der Waals surface area contributed by atoms with Crippen molar-refractivity contribution >= 4 is 23.6 Å². The van der Waals surface area contributed by atoms with Gasteiger partial charge in [0.2, 0.25) is 17.7 Å². The van der Waals surface area contributed by atoms with E-state index in [1.54, 1.807) is 36.4 Å². The van der Waals surface area contributed by atoms with Crippen molar-refractivity contribution in [2.45, 2.75) is 51.7 Å². The number of carbonyl (C=O) groups is 4. The number of rotatable bonds is 7. The fourth-order valence-corrected chi connectivity index (χ4v) is 4.86. The van der Waals surface area contributed by atoms with Crippen LogP contribution in [0.25, 0.3) is 0 Å². The summed E-state index contributed by atoms with van der Waals surface area (Å²) in [6.45, 7) is 4.30. The molecule has 0 unspecified atom stereocenters. The van der Waals surface area contributed by atoms with Crippen LogP contribution in [0.15, 0.2) is 78.9 Å². The topological polar surface area (TPSA) is 117 Å². The first kappa shape index (κ1) is 32.2. The van der Waals surface area contributed by atoms with Crippen LogP contribution in [0.2, 0.25) is 0 Å². The second-order valence-corrected chi connectivity index (χ2v) is 11.2. The molecule has 1 aliphatic rings. The zero-order chi connectivity index (χ0) is 31.5. The number of ether oxygens (including phenoxy) is 1. The second kappa shape index (κ2) is 15.7. The molecule has 232 valence electrons. The Kier molecular flexibility index (Phi) is 11.5. The van der Waals surface area contributed by atoms with E-state index in [0.29, 0.717) is 12.2 Å². The number of nitrogens with zero attached hydrogens (tertiary/aromatic N) is 1. The van der Waals surface area contributed by atoms with Gasteiger partial charge in [-0.05, 0) is 54.2 Å². The van der Waals surface area contributed by atoms with Gasteiger partial charge in [-0.2, -0.15) is 0 Å². The van der Waals surface area contributed by atoms with E-state index < -0.39 is 17.9 Å². The van der Waals surface area contributed by atoms with Crippen molar-refractivity contribution in [1.29, 1.82) is 0 Å². The van der Waals surface area contributed by atoms with Gasteiger partial charge in [0.25, 0.3) is 5.91 Å². The van der Waals surface area contributed by atoms with Crippen molar-refractivity contribution in [2.75, 3.05) is 19.7 Å². The highest BCUT2D eigenvalue weighted by Crippen LogP contribution is 2.20. The summed E-state index contributed by atoms with van der Waals surface area (Å²) in [6.07, 6.45) is 0.388. The highest BCUT2D eigenvalue weighted by atomic mass is 19.1. The van der Waals surface area contributed by atoms with Gasteiger partial charge in [-0.3, -0.25) is 19.2 Å². The van der Waals surface area contributed by atoms with E-state index in [1.807, 2.05) is 44.2 Å². The molecule has 0 fully saturated rings. The third-order valence-electron chi connectivity index (χ3n) is 7.50. The van der Waals surface area contributed by atoms with Crippen LogP contribution in [0, 0.1) is 11.7 Å². The van der Waals surface area contributed by atoms with Crippen molar-refractivity contribution in [3.05, 3.63) is 101 Å². The van der Waals surface area contributed by atoms with E-state index in [2.05, 4.69) is 16.0 Å². The lowest BCUT2D eigenvalue weighted by molar-refractivity contribution is -0.137. The molecule has 2 atom stereocenters. The molecular weight excluding hydrogens is 563 g/mol. The smallest absolute Gasteiger partial charge is 0.255 e. The Balaban J connectivity index is 1.57. The molecule has 10 heteroatoms. The molecule has 4 rings (SSSR count). The fourth-order valence-electron chi connectivity index (χ4n) is 4.86. The van der Waals surface area contributed by atoms with Crippen LogP contribution in [0.4, 0.5) is 4.39 Å². The van der Waals surface area contributed by atoms with Gasteiger partial charge in [-0.1, -0.05) is 68.4 Å². The highest BCUT2D eigenvalue weighted by molar-refractivity contribution is 5.99. The normalized spacial score (nSPS) is 18.3. The monoisotopic (exact) mass is 602 g/mol. The van der Waals surface area contributed by atoms with Crippen LogP contribution in [-0.2, 0) is 27.3 Å². The van der Waals surface area contributed by atoms with Crippen molar-refractivity contribution in [3.63, 3.8) is 0 Å². The summed E-state index contributed by atoms with van der Waals surface area (Å²) >= 11 is 0. The first-order valence-corrected chi connectivity index (χ1v) is 14.9. The van der Waals surface area contributed by atoms with E-state index >= 15 is 0 Å². The average Bonchev–Trinajstić information content (AvgIpc) is 3.02. The molecule has 0 aliphatic carbocycles. The predicted molar refractivity (Wildman–Crippen MR) is 164 cm³/mol. The van der Waals surface area contributed by atoms with Gasteiger partial charge in [0, 0.05) is 19.5 Å². The summed E-state index contributed by atoms with van der Waals surface area (Å²) in [6, 6.07) is 20.6. The number of para-hydroxylation sites is 1. The van der Waals surface area contributed by atoms with Gasteiger partial charge in [0.15, 0.2) is 0 Å². The number of fused-ring (bicyclic) bond motifs is 1. The van der Waals surface area contributed by atoms with E-state index in [1.165, 1.54) is 17.0 Å². The van der Waals surface area contributed by atoms with Crippen LogP contribution in [0.5, 0.6) is 5.75 Å². The lowest BCUT2D eigenvalue weighted by Crippen LogP contribution is -2.48. The number of benzene rings is 3. The number of halogens is 1. The summed E-state index contributed by atoms with van der Waals surface area (Å²) in [5, 5.41) is 8.61. The molecule has 0 saturated heterocycles. The van der Waals surface area contributed by atoms with Gasteiger partial charge in [0.1, 0.15) is 24.2 Å². The van der Waals surface area contributed by atoms with Crippen molar-refractivity contribution in [3.8, 4) is 5.75 Å². The Morgan fingerprint density at radius 3 is 2.39 bits per heavy atom. The Morgan fingerprint density at radius 2 is 1.66 bits per heavy atom. The van der Waals surface area contributed by atoms with E-state index in [4.69, 9.17) is 4.74 Å². The van der Waals surface area contributed by atoms with Gasteiger partial charge >= 0.3 is 0 Å². The highest BCUT2D eigenvalue weighted by Gasteiger charge is 2.27. The molecule has 3 N–H and O–H groups in total. The Hall–Kier alpha value is -4.73.